The molecule has 0 spiro atoms. The Kier molecular flexibility index (Phi) is 3.10. The Labute approximate surface area is 103 Å². The minimum atomic E-state index is -0.0828. The molecule has 0 amide bonds. The number of rotatable bonds is 3. The molecule has 2 aromatic rings. The van der Waals surface area contributed by atoms with Gasteiger partial charge in [-0.25, -0.2) is 4.98 Å². The molecular weight excluding hydrogens is 236 g/mol. The molecule has 2 rings (SSSR count). The molecule has 88 valence electrons. The highest BCUT2D eigenvalue weighted by molar-refractivity contribution is 7.11. The second-order valence-corrected chi connectivity index (χ2v) is 4.49. The Hall–Kier alpha value is -1.88. The summed E-state index contributed by atoms with van der Waals surface area (Å²) in [5, 5.41) is 2.41. The van der Waals surface area contributed by atoms with Crippen molar-refractivity contribution >= 4 is 22.8 Å². The first-order chi connectivity index (χ1) is 8.06. The van der Waals surface area contributed by atoms with Crippen molar-refractivity contribution in [3.8, 4) is 10.9 Å². The van der Waals surface area contributed by atoms with Crippen LogP contribution in [0.25, 0.3) is 0 Å². The zero-order chi connectivity index (χ0) is 12.4. The molecule has 0 saturated carbocycles. The van der Waals surface area contributed by atoms with E-state index in [1.165, 1.54) is 18.3 Å². The van der Waals surface area contributed by atoms with Crippen LogP contribution in [0, 0.1) is 6.92 Å². The third-order valence-corrected chi connectivity index (χ3v) is 3.01. The third kappa shape index (κ3) is 2.62. The normalized spacial score (nSPS) is 10.2. The highest BCUT2D eigenvalue weighted by atomic mass is 32.1. The summed E-state index contributed by atoms with van der Waals surface area (Å²) in [5.41, 5.74) is 7.55. The van der Waals surface area contributed by atoms with Gasteiger partial charge >= 0.3 is 0 Å². The summed E-state index contributed by atoms with van der Waals surface area (Å²) < 4.78 is 5.58. The van der Waals surface area contributed by atoms with E-state index in [-0.39, 0.29) is 5.78 Å². The van der Waals surface area contributed by atoms with E-state index in [1.54, 1.807) is 18.2 Å². The number of nitrogens with zero attached hydrogens (tertiary/aromatic N) is 1. The molecule has 1 aromatic heterocycles. The number of aryl methyl sites for hydroxylation is 1. The molecule has 0 aliphatic carbocycles. The van der Waals surface area contributed by atoms with E-state index < -0.39 is 0 Å². The van der Waals surface area contributed by atoms with Gasteiger partial charge in [0, 0.05) is 11.1 Å². The van der Waals surface area contributed by atoms with Crippen molar-refractivity contribution in [3.05, 3.63) is 34.8 Å². The molecule has 1 aromatic carbocycles. The van der Waals surface area contributed by atoms with E-state index >= 15 is 0 Å². The van der Waals surface area contributed by atoms with E-state index in [4.69, 9.17) is 10.5 Å². The summed E-state index contributed by atoms with van der Waals surface area (Å²) in [5.74, 6) is 0.404. The largest absolute Gasteiger partial charge is 0.430 e. The van der Waals surface area contributed by atoms with Crippen molar-refractivity contribution in [3.63, 3.8) is 0 Å². The fraction of sp³-hybridized carbons (Fsp3) is 0.167. The van der Waals surface area contributed by atoms with Gasteiger partial charge in [-0.3, -0.25) is 4.79 Å². The molecule has 1 heterocycles. The first kappa shape index (κ1) is 11.6. The second kappa shape index (κ2) is 4.55. The van der Waals surface area contributed by atoms with Crippen LogP contribution in [0.3, 0.4) is 0 Å². The van der Waals surface area contributed by atoms with Crippen LogP contribution in [0.5, 0.6) is 10.9 Å². The predicted octanol–water partition coefficient (Wildman–Crippen LogP) is 3.03. The van der Waals surface area contributed by atoms with Gasteiger partial charge in [-0.2, -0.15) is 0 Å². The first-order valence-corrected chi connectivity index (χ1v) is 5.94. The van der Waals surface area contributed by atoms with E-state index in [2.05, 4.69) is 4.98 Å². The lowest BCUT2D eigenvalue weighted by Gasteiger charge is -2.07. The Morgan fingerprint density at radius 3 is 2.82 bits per heavy atom. The average Bonchev–Trinajstić information content (AvgIpc) is 2.66. The highest BCUT2D eigenvalue weighted by Gasteiger charge is 2.11. The predicted molar refractivity (Wildman–Crippen MR) is 67.8 cm³/mol. The lowest BCUT2D eigenvalue weighted by molar-refractivity contribution is 0.101. The number of carbonyl (C=O) groups is 1. The van der Waals surface area contributed by atoms with E-state index in [0.29, 0.717) is 22.2 Å². The Balaban J connectivity index is 2.35. The van der Waals surface area contributed by atoms with Gasteiger partial charge in [0.15, 0.2) is 5.78 Å². The molecule has 0 bridgehead atoms. The maximum Gasteiger partial charge on any atom is 0.278 e. The number of benzene rings is 1. The molecule has 0 unspecified atom stereocenters. The minimum absolute atomic E-state index is 0.0828. The van der Waals surface area contributed by atoms with Crippen LogP contribution in [0.2, 0.25) is 0 Å². The summed E-state index contributed by atoms with van der Waals surface area (Å²) in [4.78, 5) is 15.6. The fourth-order valence-electron chi connectivity index (χ4n) is 1.39. The monoisotopic (exact) mass is 248 g/mol. The molecule has 2 N–H and O–H groups in total. The number of carbonyl (C=O) groups excluding carboxylic acids is 1. The molecule has 0 radical (unpaired) electrons. The van der Waals surface area contributed by atoms with Crippen molar-refractivity contribution in [2.45, 2.75) is 13.8 Å². The summed E-state index contributed by atoms with van der Waals surface area (Å²) in [6, 6.07) is 4.99. The van der Waals surface area contributed by atoms with Gasteiger partial charge in [0.1, 0.15) is 5.75 Å². The maximum atomic E-state index is 11.5. The molecule has 0 saturated heterocycles. The number of aromatic nitrogens is 1. The Bertz CT molecular complexity index is 563. The first-order valence-electron chi connectivity index (χ1n) is 5.06. The minimum Gasteiger partial charge on any atom is -0.430 e. The van der Waals surface area contributed by atoms with Gasteiger partial charge in [-0.05, 0) is 32.0 Å². The average molecular weight is 248 g/mol. The number of hydrogen-bond donors (Lipinski definition) is 1. The van der Waals surface area contributed by atoms with Gasteiger partial charge in [-0.1, -0.05) is 11.3 Å². The van der Waals surface area contributed by atoms with Crippen LogP contribution in [-0.2, 0) is 0 Å². The Morgan fingerprint density at radius 2 is 2.24 bits per heavy atom. The van der Waals surface area contributed by atoms with E-state index in [1.807, 2.05) is 12.3 Å². The van der Waals surface area contributed by atoms with Crippen molar-refractivity contribution in [1.82, 2.24) is 4.98 Å². The van der Waals surface area contributed by atoms with Crippen molar-refractivity contribution < 1.29 is 9.53 Å². The number of Topliss-reactive ketones (excluding diaryl/α,β-unsaturated/α-hetero) is 1. The fourth-order valence-corrected chi connectivity index (χ4v) is 2.04. The van der Waals surface area contributed by atoms with Gasteiger partial charge < -0.3 is 10.5 Å². The summed E-state index contributed by atoms with van der Waals surface area (Å²) in [6.45, 7) is 3.37. The topological polar surface area (TPSA) is 65.2 Å². The van der Waals surface area contributed by atoms with Crippen LogP contribution in [0.1, 0.15) is 23.0 Å². The second-order valence-electron chi connectivity index (χ2n) is 3.67. The van der Waals surface area contributed by atoms with Gasteiger partial charge in [0.05, 0.1) is 11.3 Å². The lowest BCUT2D eigenvalue weighted by Crippen LogP contribution is -1.98. The van der Waals surface area contributed by atoms with E-state index in [0.717, 1.165) is 5.69 Å². The quantitative estimate of drug-likeness (QED) is 0.669. The molecule has 0 aliphatic rings. The van der Waals surface area contributed by atoms with Gasteiger partial charge in [0.2, 0.25) is 0 Å². The number of ketones is 1. The van der Waals surface area contributed by atoms with Crippen LogP contribution < -0.4 is 10.5 Å². The number of nitrogens with two attached hydrogens (primary N) is 1. The highest BCUT2D eigenvalue weighted by Crippen LogP contribution is 2.29. The van der Waals surface area contributed by atoms with Crippen molar-refractivity contribution in [1.29, 1.82) is 0 Å². The molecule has 4 nitrogen and oxygen atoms in total. The van der Waals surface area contributed by atoms with E-state index in [9.17, 15) is 4.79 Å². The zero-order valence-corrected chi connectivity index (χ0v) is 10.4. The molecule has 5 heteroatoms. The van der Waals surface area contributed by atoms with Crippen molar-refractivity contribution in [2.75, 3.05) is 5.73 Å². The van der Waals surface area contributed by atoms with Crippen LogP contribution in [0.15, 0.2) is 23.6 Å². The maximum absolute atomic E-state index is 11.5. The third-order valence-electron chi connectivity index (χ3n) is 2.18. The molecule has 0 fully saturated rings. The molecular formula is C12H12N2O2S. The molecule has 0 atom stereocenters. The van der Waals surface area contributed by atoms with Crippen molar-refractivity contribution in [2.24, 2.45) is 0 Å². The number of nitrogen functional groups attached to an aromatic ring is 1. The van der Waals surface area contributed by atoms with Crippen LogP contribution >= 0.6 is 11.3 Å². The van der Waals surface area contributed by atoms with Crippen LogP contribution in [0.4, 0.5) is 5.69 Å². The number of hydrogen-bond acceptors (Lipinski definition) is 5. The van der Waals surface area contributed by atoms with Gasteiger partial charge in [-0.15, -0.1) is 0 Å². The smallest absolute Gasteiger partial charge is 0.278 e. The Morgan fingerprint density at radius 1 is 1.47 bits per heavy atom. The standard InChI is InChI=1S/C12H12N2O2S/c1-7-6-17-12(14-7)16-11-4-3-9(13)5-10(11)8(2)15/h3-6H,13H2,1-2H3. The summed E-state index contributed by atoms with van der Waals surface area (Å²) in [7, 11) is 0. The number of thiazole rings is 1. The molecule has 17 heavy (non-hydrogen) atoms. The summed E-state index contributed by atoms with van der Waals surface area (Å²) >= 11 is 1.39. The number of anilines is 1. The summed E-state index contributed by atoms with van der Waals surface area (Å²) in [6.07, 6.45) is 0. The lowest BCUT2D eigenvalue weighted by atomic mass is 10.1. The zero-order valence-electron chi connectivity index (χ0n) is 9.56. The number of ether oxygens (including phenoxy) is 1. The van der Waals surface area contributed by atoms with Crippen LogP contribution in [-0.4, -0.2) is 10.8 Å². The molecule has 0 aliphatic heterocycles. The van der Waals surface area contributed by atoms with Gasteiger partial charge in [0.25, 0.3) is 5.19 Å². The SMILES string of the molecule is CC(=O)c1cc(N)ccc1Oc1nc(C)cs1.